The molecule has 0 radical (unpaired) electrons. The fourth-order valence-corrected chi connectivity index (χ4v) is 3.16. The Labute approximate surface area is 124 Å². The molecule has 4 heteroatoms. The van der Waals surface area contributed by atoms with Gasteiger partial charge in [-0.1, -0.05) is 12.1 Å². The van der Waals surface area contributed by atoms with Crippen molar-refractivity contribution in [1.82, 2.24) is 4.90 Å². The number of benzene rings is 1. The van der Waals surface area contributed by atoms with Gasteiger partial charge in [-0.15, -0.1) is 0 Å². The van der Waals surface area contributed by atoms with Crippen LogP contribution >= 0.6 is 0 Å². The number of rotatable bonds is 2. The molecule has 0 saturated carbocycles. The number of aliphatic hydroxyl groups is 1. The van der Waals surface area contributed by atoms with Crippen LogP contribution in [0.3, 0.4) is 0 Å². The van der Waals surface area contributed by atoms with Crippen LogP contribution in [0, 0.1) is 5.82 Å². The summed E-state index contributed by atoms with van der Waals surface area (Å²) in [5.74, 6) is 0.119. The normalized spacial score (nSPS) is 24.6. The molecule has 114 valence electrons. The molecule has 1 saturated heterocycles. The van der Waals surface area contributed by atoms with Gasteiger partial charge in [0.15, 0.2) is 11.4 Å². The largest absolute Gasteiger partial charge is 0.455 e. The molecule has 0 bridgehead atoms. The minimum Gasteiger partial charge on any atom is -0.455 e. The summed E-state index contributed by atoms with van der Waals surface area (Å²) in [7, 11) is 0. The van der Waals surface area contributed by atoms with Gasteiger partial charge >= 0.3 is 0 Å². The van der Waals surface area contributed by atoms with Crippen LogP contribution in [-0.2, 0) is 5.60 Å². The summed E-state index contributed by atoms with van der Waals surface area (Å²) in [6.07, 6.45) is 2.18. The molecule has 2 heterocycles. The van der Waals surface area contributed by atoms with E-state index in [0.29, 0.717) is 30.0 Å². The Morgan fingerprint density at radius 1 is 1.29 bits per heavy atom. The first-order chi connectivity index (χ1) is 9.99. The first-order valence-corrected chi connectivity index (χ1v) is 7.64. The summed E-state index contributed by atoms with van der Waals surface area (Å²) in [6, 6.07) is 7.11. The summed E-state index contributed by atoms with van der Waals surface area (Å²) < 4.78 is 19.4. The van der Waals surface area contributed by atoms with E-state index in [9.17, 15) is 9.50 Å². The summed E-state index contributed by atoms with van der Waals surface area (Å²) in [5.41, 5.74) is -0.749. The first kappa shape index (κ1) is 14.5. The Balaban J connectivity index is 1.91. The fraction of sp³-hybridized carbons (Fsp3) is 0.529. The van der Waals surface area contributed by atoms with E-state index in [2.05, 4.69) is 18.7 Å². The minimum absolute atomic E-state index is 0.242. The summed E-state index contributed by atoms with van der Waals surface area (Å²) in [6.45, 7) is 6.14. The van der Waals surface area contributed by atoms with E-state index >= 15 is 0 Å². The molecule has 0 amide bonds. The molecule has 1 aromatic carbocycles. The Bertz CT molecular complexity index is 637. The highest BCUT2D eigenvalue weighted by atomic mass is 19.1. The number of para-hydroxylation sites is 1. The zero-order chi connectivity index (χ0) is 15.0. The minimum atomic E-state index is -0.991. The topological polar surface area (TPSA) is 36.6 Å². The molecular weight excluding hydrogens is 269 g/mol. The molecule has 0 aliphatic carbocycles. The second-order valence-electron chi connectivity index (χ2n) is 6.28. The highest BCUT2D eigenvalue weighted by Crippen LogP contribution is 2.36. The molecule has 1 atom stereocenters. The van der Waals surface area contributed by atoms with Crippen molar-refractivity contribution in [2.45, 2.75) is 44.8 Å². The van der Waals surface area contributed by atoms with Crippen LogP contribution in [0.2, 0.25) is 0 Å². The predicted molar refractivity (Wildman–Crippen MR) is 80.6 cm³/mol. The summed E-state index contributed by atoms with van der Waals surface area (Å²) in [5, 5.41) is 11.7. The molecular formula is C17H22FNO2. The number of halogens is 1. The van der Waals surface area contributed by atoms with Crippen molar-refractivity contribution in [1.29, 1.82) is 0 Å². The molecule has 2 aromatic rings. The number of furan rings is 1. The van der Waals surface area contributed by atoms with E-state index < -0.39 is 5.60 Å². The van der Waals surface area contributed by atoms with Gasteiger partial charge in [0.25, 0.3) is 0 Å². The quantitative estimate of drug-likeness (QED) is 0.917. The van der Waals surface area contributed by atoms with Gasteiger partial charge in [0.2, 0.25) is 0 Å². The van der Waals surface area contributed by atoms with E-state index in [0.717, 1.165) is 19.5 Å². The molecule has 1 unspecified atom stereocenters. The number of hydrogen-bond acceptors (Lipinski definition) is 3. The van der Waals surface area contributed by atoms with E-state index in [1.165, 1.54) is 6.07 Å². The second kappa shape index (κ2) is 5.43. The SMILES string of the molecule is CC(C)N1CCCC(O)(c2cc3cccc(F)c3o2)CC1. The second-order valence-corrected chi connectivity index (χ2v) is 6.28. The lowest BCUT2D eigenvalue weighted by atomic mass is 9.92. The van der Waals surface area contributed by atoms with Crippen molar-refractivity contribution in [3.8, 4) is 0 Å². The lowest BCUT2D eigenvalue weighted by molar-refractivity contribution is 0.000985. The molecule has 1 aromatic heterocycles. The van der Waals surface area contributed by atoms with Crippen LogP contribution in [0.5, 0.6) is 0 Å². The van der Waals surface area contributed by atoms with Gasteiger partial charge in [-0.25, -0.2) is 4.39 Å². The van der Waals surface area contributed by atoms with E-state index in [4.69, 9.17) is 4.42 Å². The van der Waals surface area contributed by atoms with Gasteiger partial charge in [0.05, 0.1) is 0 Å². The zero-order valence-corrected chi connectivity index (χ0v) is 12.6. The maximum atomic E-state index is 13.8. The molecule has 1 aliphatic heterocycles. The van der Waals surface area contributed by atoms with Crippen molar-refractivity contribution < 1.29 is 13.9 Å². The standard InChI is InChI=1S/C17H22FNO2/c1-12(2)19-9-4-7-17(20,8-10-19)15-11-13-5-3-6-14(18)16(13)21-15/h3,5-6,11-12,20H,4,7-10H2,1-2H3. The summed E-state index contributed by atoms with van der Waals surface area (Å²) >= 11 is 0. The fourth-order valence-electron chi connectivity index (χ4n) is 3.16. The van der Waals surface area contributed by atoms with Crippen LogP contribution < -0.4 is 0 Å². The van der Waals surface area contributed by atoms with Gasteiger partial charge in [0, 0.05) is 18.0 Å². The number of nitrogens with zero attached hydrogens (tertiary/aromatic N) is 1. The monoisotopic (exact) mass is 291 g/mol. The molecule has 1 fully saturated rings. The average molecular weight is 291 g/mol. The van der Waals surface area contributed by atoms with Crippen LogP contribution in [0.15, 0.2) is 28.7 Å². The van der Waals surface area contributed by atoms with Crippen LogP contribution in [0.25, 0.3) is 11.0 Å². The highest BCUT2D eigenvalue weighted by Gasteiger charge is 2.35. The van der Waals surface area contributed by atoms with Crippen LogP contribution in [0.4, 0.5) is 4.39 Å². The average Bonchev–Trinajstić information content (AvgIpc) is 2.78. The third-order valence-electron chi connectivity index (χ3n) is 4.53. The Morgan fingerprint density at radius 2 is 2.10 bits per heavy atom. The Morgan fingerprint density at radius 3 is 2.81 bits per heavy atom. The Hall–Kier alpha value is -1.39. The van der Waals surface area contributed by atoms with Gasteiger partial charge in [0.1, 0.15) is 11.4 Å². The van der Waals surface area contributed by atoms with Crippen LogP contribution in [-0.4, -0.2) is 29.1 Å². The number of fused-ring (bicyclic) bond motifs is 1. The molecule has 21 heavy (non-hydrogen) atoms. The third-order valence-corrected chi connectivity index (χ3v) is 4.53. The Kier molecular flexibility index (Phi) is 3.76. The van der Waals surface area contributed by atoms with Gasteiger partial charge in [-0.05, 0) is 51.8 Å². The third kappa shape index (κ3) is 2.70. The van der Waals surface area contributed by atoms with Gasteiger partial charge < -0.3 is 14.4 Å². The van der Waals surface area contributed by atoms with Crippen molar-refractivity contribution in [2.75, 3.05) is 13.1 Å². The van der Waals surface area contributed by atoms with Crippen LogP contribution in [0.1, 0.15) is 38.9 Å². The highest BCUT2D eigenvalue weighted by molar-refractivity contribution is 5.78. The maximum absolute atomic E-state index is 13.8. The zero-order valence-electron chi connectivity index (χ0n) is 12.6. The molecule has 3 rings (SSSR count). The number of hydrogen-bond donors (Lipinski definition) is 1. The van der Waals surface area contributed by atoms with Crippen molar-refractivity contribution in [3.63, 3.8) is 0 Å². The van der Waals surface area contributed by atoms with Crippen molar-refractivity contribution in [3.05, 3.63) is 35.8 Å². The van der Waals surface area contributed by atoms with Gasteiger partial charge in [-0.3, -0.25) is 0 Å². The summed E-state index contributed by atoms with van der Waals surface area (Å²) in [4.78, 5) is 2.36. The smallest absolute Gasteiger partial charge is 0.170 e. The van der Waals surface area contributed by atoms with E-state index in [-0.39, 0.29) is 11.4 Å². The molecule has 1 aliphatic rings. The number of likely N-dealkylation sites (tertiary alicyclic amines) is 1. The molecule has 3 nitrogen and oxygen atoms in total. The van der Waals surface area contributed by atoms with E-state index in [1.54, 1.807) is 12.1 Å². The van der Waals surface area contributed by atoms with Gasteiger partial charge in [-0.2, -0.15) is 0 Å². The lowest BCUT2D eigenvalue weighted by Gasteiger charge is -2.26. The maximum Gasteiger partial charge on any atom is 0.170 e. The van der Waals surface area contributed by atoms with Crippen molar-refractivity contribution >= 4 is 11.0 Å². The predicted octanol–water partition coefficient (Wildman–Crippen LogP) is 3.65. The molecule has 1 N–H and O–H groups in total. The van der Waals surface area contributed by atoms with Crippen molar-refractivity contribution in [2.24, 2.45) is 0 Å². The first-order valence-electron chi connectivity index (χ1n) is 7.64. The molecule has 0 spiro atoms. The lowest BCUT2D eigenvalue weighted by Crippen LogP contribution is -2.33. The van der Waals surface area contributed by atoms with E-state index in [1.807, 2.05) is 6.07 Å².